The van der Waals surface area contributed by atoms with Gasteiger partial charge in [0.15, 0.2) is 11.5 Å². The van der Waals surface area contributed by atoms with E-state index >= 15 is 0 Å². The van der Waals surface area contributed by atoms with E-state index in [0.29, 0.717) is 56.1 Å². The molecule has 2 aliphatic rings. The molecule has 128 valence electrons. The first-order valence-corrected chi connectivity index (χ1v) is 8.11. The fourth-order valence-electron chi connectivity index (χ4n) is 3.60. The fourth-order valence-corrected chi connectivity index (χ4v) is 3.60. The lowest BCUT2D eigenvalue weighted by molar-refractivity contribution is -0.146. The zero-order valence-corrected chi connectivity index (χ0v) is 14.0. The van der Waals surface area contributed by atoms with Gasteiger partial charge < -0.3 is 18.9 Å². The molecule has 0 aromatic heterocycles. The predicted molar refractivity (Wildman–Crippen MR) is 85.2 cm³/mol. The summed E-state index contributed by atoms with van der Waals surface area (Å²) < 4.78 is 21.7. The molecule has 1 fully saturated rings. The van der Waals surface area contributed by atoms with Crippen LogP contribution in [0.3, 0.4) is 0 Å². The number of nitriles is 1. The van der Waals surface area contributed by atoms with Gasteiger partial charge in [-0.05, 0) is 37.8 Å². The molecule has 1 aliphatic carbocycles. The lowest BCUT2D eigenvalue weighted by atomic mass is 9.67. The zero-order chi connectivity index (χ0) is 17.2. The van der Waals surface area contributed by atoms with Gasteiger partial charge in [-0.3, -0.25) is 4.79 Å². The Morgan fingerprint density at radius 2 is 1.88 bits per heavy atom. The van der Waals surface area contributed by atoms with Gasteiger partial charge in [-0.2, -0.15) is 5.26 Å². The average molecular weight is 331 g/mol. The number of benzene rings is 1. The maximum Gasteiger partial charge on any atom is 0.308 e. The maximum absolute atomic E-state index is 11.8. The second-order valence-corrected chi connectivity index (χ2v) is 6.16. The number of rotatable bonds is 3. The Kier molecular flexibility index (Phi) is 4.52. The molecule has 24 heavy (non-hydrogen) atoms. The monoisotopic (exact) mass is 331 g/mol. The van der Waals surface area contributed by atoms with Gasteiger partial charge >= 0.3 is 5.97 Å². The lowest BCUT2D eigenvalue weighted by Crippen LogP contribution is -2.34. The van der Waals surface area contributed by atoms with Crippen molar-refractivity contribution in [3.63, 3.8) is 0 Å². The SMILES string of the molecule is COc1ccc([C@]2(C#N)CC[C@H](C(=O)OC)CC2)c2c1OCCO2. The number of nitrogens with zero attached hydrogens (tertiary/aromatic N) is 1. The Morgan fingerprint density at radius 1 is 1.21 bits per heavy atom. The van der Waals surface area contributed by atoms with E-state index in [4.69, 9.17) is 18.9 Å². The average Bonchev–Trinajstić information content (AvgIpc) is 2.66. The summed E-state index contributed by atoms with van der Waals surface area (Å²) >= 11 is 0. The molecule has 1 aromatic rings. The Bertz CT molecular complexity index is 671. The molecule has 0 amide bonds. The molecule has 3 rings (SSSR count). The van der Waals surface area contributed by atoms with E-state index in [-0.39, 0.29) is 11.9 Å². The quantitative estimate of drug-likeness (QED) is 0.792. The van der Waals surface area contributed by atoms with E-state index < -0.39 is 5.41 Å². The van der Waals surface area contributed by atoms with Crippen molar-refractivity contribution in [3.05, 3.63) is 17.7 Å². The minimum atomic E-state index is -0.679. The fraction of sp³-hybridized carbons (Fsp3) is 0.556. The van der Waals surface area contributed by atoms with E-state index in [1.54, 1.807) is 7.11 Å². The summed E-state index contributed by atoms with van der Waals surface area (Å²) in [5.41, 5.74) is 0.144. The number of carbonyl (C=O) groups is 1. The van der Waals surface area contributed by atoms with Crippen molar-refractivity contribution in [2.75, 3.05) is 27.4 Å². The van der Waals surface area contributed by atoms with E-state index in [2.05, 4.69) is 6.07 Å². The zero-order valence-electron chi connectivity index (χ0n) is 14.0. The van der Waals surface area contributed by atoms with Crippen molar-refractivity contribution in [1.82, 2.24) is 0 Å². The summed E-state index contributed by atoms with van der Waals surface area (Å²) in [6, 6.07) is 6.17. The molecule has 0 spiro atoms. The highest BCUT2D eigenvalue weighted by Gasteiger charge is 2.42. The molecular weight excluding hydrogens is 310 g/mol. The minimum Gasteiger partial charge on any atom is -0.493 e. The van der Waals surface area contributed by atoms with Crippen LogP contribution in [0.15, 0.2) is 12.1 Å². The molecular formula is C18H21NO5. The lowest BCUT2D eigenvalue weighted by Gasteiger charge is -2.36. The molecule has 0 bridgehead atoms. The number of fused-ring (bicyclic) bond motifs is 1. The van der Waals surface area contributed by atoms with Crippen LogP contribution < -0.4 is 14.2 Å². The standard InChI is InChI=1S/C18H21NO5/c1-21-14-4-3-13(15-16(14)24-10-9-23-15)18(11-19)7-5-12(6-8-18)17(20)22-2/h3-4,12H,5-10H2,1-2H3/t12-,18+. The molecule has 0 N–H and O–H groups in total. The summed E-state index contributed by atoms with van der Waals surface area (Å²) in [4.78, 5) is 11.8. The van der Waals surface area contributed by atoms with Crippen LogP contribution >= 0.6 is 0 Å². The number of carbonyl (C=O) groups excluding carboxylic acids is 1. The third-order valence-electron chi connectivity index (χ3n) is 4.98. The molecule has 1 aromatic carbocycles. The highest BCUT2D eigenvalue weighted by molar-refractivity contribution is 5.72. The van der Waals surface area contributed by atoms with Crippen LogP contribution in [0.2, 0.25) is 0 Å². The minimum absolute atomic E-state index is 0.136. The number of hydrogen-bond donors (Lipinski definition) is 0. The van der Waals surface area contributed by atoms with E-state index in [1.807, 2.05) is 12.1 Å². The predicted octanol–water partition coefficient (Wildman–Crippen LogP) is 2.59. The van der Waals surface area contributed by atoms with Crippen LogP contribution in [-0.4, -0.2) is 33.4 Å². The first kappa shape index (κ1) is 16.4. The summed E-state index contributed by atoms with van der Waals surface area (Å²) in [6.45, 7) is 0.899. The van der Waals surface area contributed by atoms with E-state index in [9.17, 15) is 10.1 Å². The largest absolute Gasteiger partial charge is 0.493 e. The molecule has 0 saturated heterocycles. The van der Waals surface area contributed by atoms with Gasteiger partial charge in [-0.1, -0.05) is 0 Å². The van der Waals surface area contributed by atoms with Gasteiger partial charge in [0.1, 0.15) is 13.2 Å². The van der Waals surface area contributed by atoms with E-state index in [0.717, 1.165) is 5.56 Å². The molecule has 1 heterocycles. The molecule has 0 radical (unpaired) electrons. The number of methoxy groups -OCH3 is 2. The summed E-state index contributed by atoms with van der Waals surface area (Å²) in [5, 5.41) is 9.91. The molecule has 1 saturated carbocycles. The van der Waals surface area contributed by atoms with Crippen molar-refractivity contribution >= 4 is 5.97 Å². The van der Waals surface area contributed by atoms with Gasteiger partial charge in [-0.25, -0.2) is 0 Å². The van der Waals surface area contributed by atoms with Crippen LogP contribution in [0.25, 0.3) is 0 Å². The van der Waals surface area contributed by atoms with Crippen LogP contribution in [-0.2, 0) is 14.9 Å². The summed E-state index contributed by atoms with van der Waals surface area (Å²) in [5.74, 6) is 1.43. The normalized spacial score (nSPS) is 25.5. The first-order valence-electron chi connectivity index (χ1n) is 8.11. The van der Waals surface area contributed by atoms with Gasteiger partial charge in [0.25, 0.3) is 0 Å². The van der Waals surface area contributed by atoms with Crippen molar-refractivity contribution in [2.24, 2.45) is 5.92 Å². The van der Waals surface area contributed by atoms with Gasteiger partial charge in [-0.15, -0.1) is 0 Å². The van der Waals surface area contributed by atoms with Gasteiger partial charge in [0.05, 0.1) is 31.6 Å². The third kappa shape index (κ3) is 2.64. The third-order valence-corrected chi connectivity index (χ3v) is 4.98. The molecule has 6 nitrogen and oxygen atoms in total. The first-order chi connectivity index (χ1) is 11.6. The highest BCUT2D eigenvalue weighted by Crippen LogP contribution is 2.50. The van der Waals surface area contributed by atoms with Crippen LogP contribution in [0.5, 0.6) is 17.2 Å². The Balaban J connectivity index is 1.95. The molecule has 0 unspecified atom stereocenters. The topological polar surface area (TPSA) is 77.8 Å². The smallest absolute Gasteiger partial charge is 0.308 e. The van der Waals surface area contributed by atoms with Crippen LogP contribution in [0.1, 0.15) is 31.2 Å². The van der Waals surface area contributed by atoms with Crippen LogP contribution in [0.4, 0.5) is 0 Å². The Labute approximate surface area is 141 Å². The van der Waals surface area contributed by atoms with Gasteiger partial charge in [0, 0.05) is 5.56 Å². The maximum atomic E-state index is 11.8. The number of esters is 1. The van der Waals surface area contributed by atoms with Crippen molar-refractivity contribution in [3.8, 4) is 23.3 Å². The highest BCUT2D eigenvalue weighted by atomic mass is 16.6. The van der Waals surface area contributed by atoms with Gasteiger partial charge in [0.2, 0.25) is 5.75 Å². The van der Waals surface area contributed by atoms with Crippen molar-refractivity contribution in [2.45, 2.75) is 31.1 Å². The number of hydrogen-bond acceptors (Lipinski definition) is 6. The van der Waals surface area contributed by atoms with Crippen molar-refractivity contribution in [1.29, 1.82) is 5.26 Å². The van der Waals surface area contributed by atoms with Crippen LogP contribution in [0, 0.1) is 17.2 Å². The van der Waals surface area contributed by atoms with E-state index in [1.165, 1.54) is 7.11 Å². The summed E-state index contributed by atoms with van der Waals surface area (Å²) in [6.07, 6.45) is 2.43. The van der Waals surface area contributed by atoms with Crippen molar-refractivity contribution < 1.29 is 23.7 Å². The Hall–Kier alpha value is -2.42. The second kappa shape index (κ2) is 6.60. The molecule has 6 heteroatoms. The summed E-state index contributed by atoms with van der Waals surface area (Å²) in [7, 11) is 2.98. The second-order valence-electron chi connectivity index (χ2n) is 6.16. The molecule has 0 atom stereocenters. The molecule has 1 aliphatic heterocycles. The Morgan fingerprint density at radius 3 is 2.46 bits per heavy atom. The number of ether oxygens (including phenoxy) is 4.